The Balaban J connectivity index is 2.07. The van der Waals surface area contributed by atoms with Crippen LogP contribution in [-0.4, -0.2) is 47.8 Å². The lowest BCUT2D eigenvalue weighted by molar-refractivity contribution is -0.00362. The molecule has 0 aliphatic carbocycles. The maximum absolute atomic E-state index is 5.89. The summed E-state index contributed by atoms with van der Waals surface area (Å²) < 4.78 is 11.2. The van der Waals surface area contributed by atoms with Gasteiger partial charge >= 0.3 is 0 Å². The van der Waals surface area contributed by atoms with Gasteiger partial charge in [-0.1, -0.05) is 6.92 Å². The third-order valence-corrected chi connectivity index (χ3v) is 3.22. The van der Waals surface area contributed by atoms with Gasteiger partial charge in [0.1, 0.15) is 0 Å². The first-order chi connectivity index (χ1) is 9.22. The van der Waals surface area contributed by atoms with E-state index in [-0.39, 0.29) is 12.2 Å². The van der Waals surface area contributed by atoms with Gasteiger partial charge in [0.15, 0.2) is 5.82 Å². The van der Waals surface area contributed by atoms with Crippen LogP contribution in [0.2, 0.25) is 0 Å². The van der Waals surface area contributed by atoms with Gasteiger partial charge in [-0.25, -0.2) is 0 Å². The summed E-state index contributed by atoms with van der Waals surface area (Å²) in [6, 6.07) is 0. The van der Waals surface area contributed by atoms with Crippen molar-refractivity contribution in [3.8, 4) is 5.88 Å². The van der Waals surface area contributed by atoms with E-state index in [0.717, 1.165) is 25.3 Å². The number of rotatable bonds is 5. The zero-order valence-electron chi connectivity index (χ0n) is 11.4. The van der Waals surface area contributed by atoms with E-state index in [0.29, 0.717) is 18.4 Å². The lowest BCUT2D eigenvalue weighted by atomic mass is 10.2. The van der Waals surface area contributed by atoms with Crippen molar-refractivity contribution < 1.29 is 9.47 Å². The van der Waals surface area contributed by atoms with E-state index in [2.05, 4.69) is 21.8 Å². The average molecular weight is 286 g/mol. The quantitative estimate of drug-likeness (QED) is 0.776. The van der Waals surface area contributed by atoms with E-state index in [9.17, 15) is 0 Å². The van der Waals surface area contributed by atoms with Crippen molar-refractivity contribution in [2.45, 2.75) is 32.5 Å². The third kappa shape index (κ3) is 3.94. The van der Waals surface area contributed by atoms with E-state index in [1.54, 1.807) is 12.4 Å². The van der Waals surface area contributed by atoms with Crippen LogP contribution in [0.4, 0.5) is 5.82 Å². The molecule has 0 radical (unpaired) electrons. The molecule has 1 aromatic heterocycles. The second kappa shape index (κ2) is 6.91. The van der Waals surface area contributed by atoms with Crippen molar-refractivity contribution >= 4 is 17.4 Å². The van der Waals surface area contributed by atoms with Gasteiger partial charge in [-0.05, 0) is 13.3 Å². The minimum Gasteiger partial charge on any atom is -0.477 e. The number of ether oxygens (including phenoxy) is 2. The molecular formula is C13H20ClN3O2. The SMILES string of the molecule is CCCOc1cncc(N2CC(C)OC(CCl)C2)n1. The molecule has 1 aliphatic rings. The van der Waals surface area contributed by atoms with Crippen LogP contribution in [-0.2, 0) is 4.74 Å². The molecule has 1 aliphatic heterocycles. The third-order valence-electron chi connectivity index (χ3n) is 2.88. The summed E-state index contributed by atoms with van der Waals surface area (Å²) in [6.45, 7) is 6.28. The molecule has 0 spiro atoms. The fourth-order valence-electron chi connectivity index (χ4n) is 2.08. The highest BCUT2D eigenvalue weighted by Gasteiger charge is 2.25. The summed E-state index contributed by atoms with van der Waals surface area (Å²) in [5.41, 5.74) is 0. The fraction of sp³-hybridized carbons (Fsp3) is 0.692. The first-order valence-corrected chi connectivity index (χ1v) is 7.17. The molecular weight excluding hydrogens is 266 g/mol. The van der Waals surface area contributed by atoms with Crippen molar-refractivity contribution in [3.05, 3.63) is 12.4 Å². The van der Waals surface area contributed by atoms with Gasteiger partial charge in [0.25, 0.3) is 0 Å². The molecule has 2 heterocycles. The van der Waals surface area contributed by atoms with Gasteiger partial charge in [0.2, 0.25) is 5.88 Å². The van der Waals surface area contributed by atoms with Gasteiger partial charge in [-0.15, -0.1) is 11.6 Å². The minimum atomic E-state index is 0.0347. The summed E-state index contributed by atoms with van der Waals surface area (Å²) in [5.74, 6) is 1.88. The Bertz CT molecular complexity index is 405. The number of nitrogens with zero attached hydrogens (tertiary/aromatic N) is 3. The first kappa shape index (κ1) is 14.3. The second-order valence-corrected chi connectivity index (χ2v) is 5.00. The highest BCUT2D eigenvalue weighted by Crippen LogP contribution is 2.20. The number of hydrogen-bond donors (Lipinski definition) is 0. The van der Waals surface area contributed by atoms with E-state index >= 15 is 0 Å². The van der Waals surface area contributed by atoms with Crippen LogP contribution >= 0.6 is 11.6 Å². The molecule has 0 aromatic carbocycles. The van der Waals surface area contributed by atoms with Gasteiger partial charge in [0, 0.05) is 13.1 Å². The molecule has 0 saturated carbocycles. The molecule has 106 valence electrons. The predicted octanol–water partition coefficient (Wildman–Crippen LogP) is 2.10. The Kier molecular flexibility index (Phi) is 5.22. The molecule has 0 bridgehead atoms. The average Bonchev–Trinajstić information content (AvgIpc) is 2.44. The minimum absolute atomic E-state index is 0.0347. The summed E-state index contributed by atoms with van der Waals surface area (Å²) in [6.07, 6.45) is 4.52. The van der Waals surface area contributed by atoms with Gasteiger partial charge in [-0.2, -0.15) is 4.98 Å². The molecule has 19 heavy (non-hydrogen) atoms. The molecule has 0 amide bonds. The molecule has 2 atom stereocenters. The van der Waals surface area contributed by atoms with E-state index in [1.807, 2.05) is 6.92 Å². The highest BCUT2D eigenvalue weighted by molar-refractivity contribution is 6.18. The molecule has 0 N–H and O–H groups in total. The largest absolute Gasteiger partial charge is 0.477 e. The Labute approximate surface area is 118 Å². The Hall–Kier alpha value is -1.07. The van der Waals surface area contributed by atoms with Crippen LogP contribution in [0.25, 0.3) is 0 Å². The van der Waals surface area contributed by atoms with Crippen LogP contribution in [0, 0.1) is 0 Å². The summed E-state index contributed by atoms with van der Waals surface area (Å²) in [4.78, 5) is 10.8. The van der Waals surface area contributed by atoms with Crippen molar-refractivity contribution in [2.24, 2.45) is 0 Å². The maximum atomic E-state index is 5.89. The van der Waals surface area contributed by atoms with Crippen LogP contribution < -0.4 is 9.64 Å². The summed E-state index contributed by atoms with van der Waals surface area (Å²) in [7, 11) is 0. The summed E-state index contributed by atoms with van der Waals surface area (Å²) in [5, 5.41) is 0. The number of anilines is 1. The normalized spacial score (nSPS) is 23.4. The van der Waals surface area contributed by atoms with Crippen LogP contribution in [0.1, 0.15) is 20.3 Å². The standard InChI is InChI=1S/C13H20ClN3O2/c1-3-4-18-13-7-15-6-12(16-13)17-8-10(2)19-11(5-14)9-17/h6-7,10-11H,3-5,8-9H2,1-2H3. The Morgan fingerprint density at radius 3 is 3.05 bits per heavy atom. The monoisotopic (exact) mass is 285 g/mol. The lowest BCUT2D eigenvalue weighted by Crippen LogP contribution is -2.47. The zero-order valence-corrected chi connectivity index (χ0v) is 12.1. The van der Waals surface area contributed by atoms with Crippen LogP contribution in [0.3, 0.4) is 0 Å². The van der Waals surface area contributed by atoms with Gasteiger partial charge < -0.3 is 14.4 Å². The maximum Gasteiger partial charge on any atom is 0.234 e. The highest BCUT2D eigenvalue weighted by atomic mass is 35.5. The molecule has 2 rings (SSSR count). The van der Waals surface area contributed by atoms with Crippen molar-refractivity contribution in [2.75, 3.05) is 30.5 Å². The smallest absolute Gasteiger partial charge is 0.234 e. The molecule has 1 fully saturated rings. The van der Waals surface area contributed by atoms with Crippen LogP contribution in [0.5, 0.6) is 5.88 Å². The number of alkyl halides is 1. The number of aromatic nitrogens is 2. The summed E-state index contributed by atoms with van der Waals surface area (Å²) >= 11 is 5.89. The van der Waals surface area contributed by atoms with E-state index < -0.39 is 0 Å². The first-order valence-electron chi connectivity index (χ1n) is 6.64. The zero-order chi connectivity index (χ0) is 13.7. The van der Waals surface area contributed by atoms with E-state index in [4.69, 9.17) is 21.1 Å². The second-order valence-electron chi connectivity index (χ2n) is 4.69. The number of morpholine rings is 1. The van der Waals surface area contributed by atoms with E-state index in [1.165, 1.54) is 0 Å². The number of halogens is 1. The van der Waals surface area contributed by atoms with Gasteiger partial charge in [-0.3, -0.25) is 4.98 Å². The predicted molar refractivity (Wildman–Crippen MR) is 75.1 cm³/mol. The molecule has 6 heteroatoms. The van der Waals surface area contributed by atoms with Crippen LogP contribution in [0.15, 0.2) is 12.4 Å². The molecule has 1 aromatic rings. The molecule has 2 unspecified atom stereocenters. The Morgan fingerprint density at radius 2 is 2.32 bits per heavy atom. The Morgan fingerprint density at radius 1 is 1.47 bits per heavy atom. The van der Waals surface area contributed by atoms with Gasteiger partial charge in [0.05, 0.1) is 37.1 Å². The topological polar surface area (TPSA) is 47.5 Å². The molecule has 1 saturated heterocycles. The number of hydrogen-bond acceptors (Lipinski definition) is 5. The van der Waals surface area contributed by atoms with Crippen molar-refractivity contribution in [1.29, 1.82) is 0 Å². The molecule has 5 nitrogen and oxygen atoms in total. The van der Waals surface area contributed by atoms with Crippen molar-refractivity contribution in [3.63, 3.8) is 0 Å². The fourth-order valence-corrected chi connectivity index (χ4v) is 2.25. The lowest BCUT2D eigenvalue weighted by Gasteiger charge is -2.36. The van der Waals surface area contributed by atoms with Crippen molar-refractivity contribution in [1.82, 2.24) is 9.97 Å².